The Morgan fingerprint density at radius 2 is 1.95 bits per heavy atom. The van der Waals surface area contributed by atoms with Crippen molar-refractivity contribution in [3.63, 3.8) is 0 Å². The first-order valence-electron chi connectivity index (χ1n) is 6.77. The number of nitrogens with zero attached hydrogens (tertiary/aromatic N) is 1. The first kappa shape index (κ1) is 14.7. The lowest BCUT2D eigenvalue weighted by Gasteiger charge is -2.39. The fourth-order valence-electron chi connectivity index (χ4n) is 2.49. The molecular formula is C12H22N2O4S. The van der Waals surface area contributed by atoms with Gasteiger partial charge in [0.05, 0.1) is 12.9 Å². The predicted octanol–water partition coefficient (Wildman–Crippen LogP) is 0.0957. The molecule has 19 heavy (non-hydrogen) atoms. The molecule has 0 aromatic heterocycles. The Morgan fingerprint density at radius 3 is 2.37 bits per heavy atom. The smallest absolute Gasteiger partial charge is 0.326 e. The second-order valence-corrected chi connectivity index (χ2v) is 7.37. The lowest BCUT2D eigenvalue weighted by atomic mass is 9.88. The van der Waals surface area contributed by atoms with Gasteiger partial charge in [-0.3, -0.25) is 10.1 Å². The Bertz CT molecular complexity index is 437. The van der Waals surface area contributed by atoms with E-state index in [1.807, 2.05) is 0 Å². The molecule has 0 atom stereocenters. The van der Waals surface area contributed by atoms with Crippen LogP contribution in [-0.2, 0) is 19.6 Å². The minimum atomic E-state index is -3.17. The highest BCUT2D eigenvalue weighted by Crippen LogP contribution is 2.30. The van der Waals surface area contributed by atoms with Gasteiger partial charge < -0.3 is 4.74 Å². The van der Waals surface area contributed by atoms with Crippen LogP contribution in [0.25, 0.3) is 0 Å². The van der Waals surface area contributed by atoms with E-state index in [1.54, 1.807) is 6.92 Å². The van der Waals surface area contributed by atoms with Crippen molar-refractivity contribution in [3.8, 4) is 0 Å². The Labute approximate surface area is 114 Å². The number of piperidine rings is 1. The molecule has 1 saturated carbocycles. The van der Waals surface area contributed by atoms with Crippen LogP contribution in [0, 0.1) is 0 Å². The van der Waals surface area contributed by atoms with Gasteiger partial charge >= 0.3 is 5.97 Å². The summed E-state index contributed by atoms with van der Waals surface area (Å²) < 4.78 is 29.6. The quantitative estimate of drug-likeness (QED) is 0.727. The van der Waals surface area contributed by atoms with Gasteiger partial charge in [-0.1, -0.05) is 0 Å². The fourth-order valence-corrected chi connectivity index (χ4v) is 3.34. The van der Waals surface area contributed by atoms with Crippen molar-refractivity contribution in [2.75, 3.05) is 26.0 Å². The van der Waals surface area contributed by atoms with Gasteiger partial charge in [-0.15, -0.1) is 0 Å². The average molecular weight is 290 g/mol. The summed E-state index contributed by atoms with van der Waals surface area (Å²) in [6.45, 7) is 2.88. The van der Waals surface area contributed by atoms with Crippen LogP contribution in [0.3, 0.4) is 0 Å². The van der Waals surface area contributed by atoms with Crippen molar-refractivity contribution in [2.45, 2.75) is 44.2 Å². The first-order chi connectivity index (χ1) is 8.87. The molecule has 0 bridgehead atoms. The van der Waals surface area contributed by atoms with Gasteiger partial charge in [-0.2, -0.15) is 0 Å². The lowest BCUT2D eigenvalue weighted by Crippen LogP contribution is -2.60. The topological polar surface area (TPSA) is 75.7 Å². The van der Waals surface area contributed by atoms with Crippen LogP contribution in [0.1, 0.15) is 32.6 Å². The lowest BCUT2D eigenvalue weighted by molar-refractivity contribution is -0.153. The Balaban J connectivity index is 2.06. The molecule has 0 radical (unpaired) electrons. The monoisotopic (exact) mass is 290 g/mol. The summed E-state index contributed by atoms with van der Waals surface area (Å²) in [5.41, 5.74) is -0.696. The standard InChI is InChI=1S/C12H22N2O4S/c1-3-18-11(15)12(13-10-4-5-10)6-8-14(9-7-12)19(2,16)17/h10,13H,3-9H2,1-2H3. The van der Waals surface area contributed by atoms with Crippen LogP contribution in [0.2, 0.25) is 0 Å². The van der Waals surface area contributed by atoms with E-state index in [2.05, 4.69) is 5.32 Å². The summed E-state index contributed by atoms with van der Waals surface area (Å²) in [5, 5.41) is 3.37. The summed E-state index contributed by atoms with van der Waals surface area (Å²) in [5.74, 6) is -0.241. The molecule has 2 rings (SSSR count). The molecule has 1 heterocycles. The number of ether oxygens (including phenoxy) is 1. The van der Waals surface area contributed by atoms with Crippen LogP contribution in [0.5, 0.6) is 0 Å². The molecule has 1 aliphatic carbocycles. The van der Waals surface area contributed by atoms with E-state index in [9.17, 15) is 13.2 Å². The number of hydrogen-bond donors (Lipinski definition) is 1. The molecule has 7 heteroatoms. The number of carbonyl (C=O) groups is 1. The summed E-state index contributed by atoms with van der Waals surface area (Å²) >= 11 is 0. The number of hydrogen-bond acceptors (Lipinski definition) is 5. The van der Waals surface area contributed by atoms with Crippen molar-refractivity contribution in [1.29, 1.82) is 0 Å². The third-order valence-electron chi connectivity index (χ3n) is 3.77. The number of rotatable bonds is 5. The van der Waals surface area contributed by atoms with Crippen molar-refractivity contribution in [3.05, 3.63) is 0 Å². The largest absolute Gasteiger partial charge is 0.465 e. The van der Waals surface area contributed by atoms with Crippen molar-refractivity contribution < 1.29 is 17.9 Å². The molecule has 0 aromatic rings. The van der Waals surface area contributed by atoms with E-state index in [-0.39, 0.29) is 5.97 Å². The molecule has 1 saturated heterocycles. The zero-order chi connectivity index (χ0) is 14.1. The second kappa shape index (κ2) is 5.38. The van der Waals surface area contributed by atoms with Gasteiger partial charge in [0.25, 0.3) is 0 Å². The van der Waals surface area contributed by atoms with Crippen LogP contribution in [-0.4, -0.2) is 56.2 Å². The zero-order valence-electron chi connectivity index (χ0n) is 11.5. The average Bonchev–Trinajstić information content (AvgIpc) is 3.12. The molecule has 0 spiro atoms. The zero-order valence-corrected chi connectivity index (χ0v) is 12.3. The fraction of sp³-hybridized carbons (Fsp3) is 0.917. The van der Waals surface area contributed by atoms with Crippen LogP contribution in [0.4, 0.5) is 0 Å². The number of esters is 1. The van der Waals surface area contributed by atoms with Crippen LogP contribution in [0.15, 0.2) is 0 Å². The Hall–Kier alpha value is -0.660. The van der Waals surface area contributed by atoms with Crippen molar-refractivity contribution in [1.82, 2.24) is 9.62 Å². The van der Waals surface area contributed by atoms with Crippen LogP contribution >= 0.6 is 0 Å². The second-order valence-electron chi connectivity index (χ2n) is 5.38. The van der Waals surface area contributed by atoms with E-state index in [0.717, 1.165) is 12.8 Å². The third-order valence-corrected chi connectivity index (χ3v) is 5.07. The van der Waals surface area contributed by atoms with Crippen LogP contribution < -0.4 is 5.32 Å². The van der Waals surface area contributed by atoms with E-state index >= 15 is 0 Å². The number of sulfonamides is 1. The molecule has 0 aromatic carbocycles. The molecule has 110 valence electrons. The highest BCUT2D eigenvalue weighted by atomic mass is 32.2. The molecular weight excluding hydrogens is 268 g/mol. The number of nitrogens with one attached hydrogen (secondary N) is 1. The highest BCUT2D eigenvalue weighted by molar-refractivity contribution is 7.88. The molecule has 1 aliphatic heterocycles. The van der Waals surface area contributed by atoms with Crippen molar-refractivity contribution >= 4 is 16.0 Å². The molecule has 2 aliphatic rings. The van der Waals surface area contributed by atoms with Crippen molar-refractivity contribution in [2.24, 2.45) is 0 Å². The maximum Gasteiger partial charge on any atom is 0.326 e. The van der Waals surface area contributed by atoms with Gasteiger partial charge in [0.15, 0.2) is 0 Å². The maximum atomic E-state index is 12.2. The summed E-state index contributed by atoms with van der Waals surface area (Å²) in [6.07, 6.45) is 4.33. The number of carbonyl (C=O) groups excluding carboxylic acids is 1. The SMILES string of the molecule is CCOC(=O)C1(NC2CC2)CCN(S(C)(=O)=O)CC1. The first-order valence-corrected chi connectivity index (χ1v) is 8.62. The van der Waals surface area contributed by atoms with Gasteiger partial charge in [-0.25, -0.2) is 12.7 Å². The van der Waals surface area contributed by atoms with Gasteiger partial charge in [-0.05, 0) is 32.6 Å². The molecule has 0 amide bonds. The predicted molar refractivity (Wildman–Crippen MR) is 71.2 cm³/mol. The minimum Gasteiger partial charge on any atom is -0.465 e. The summed E-state index contributed by atoms with van der Waals surface area (Å²) in [6, 6.07) is 0.384. The summed E-state index contributed by atoms with van der Waals surface area (Å²) in [7, 11) is -3.17. The minimum absolute atomic E-state index is 0.241. The summed E-state index contributed by atoms with van der Waals surface area (Å²) in [4.78, 5) is 12.2. The van der Waals surface area contributed by atoms with Gasteiger partial charge in [0.1, 0.15) is 5.54 Å². The third kappa shape index (κ3) is 3.46. The maximum absolute atomic E-state index is 12.2. The molecule has 1 N–H and O–H groups in total. The molecule has 2 fully saturated rings. The van der Waals surface area contributed by atoms with Gasteiger partial charge in [0, 0.05) is 19.1 Å². The molecule has 0 unspecified atom stereocenters. The molecule has 6 nitrogen and oxygen atoms in total. The van der Waals surface area contributed by atoms with E-state index in [0.29, 0.717) is 38.6 Å². The Kier molecular flexibility index (Phi) is 4.17. The van der Waals surface area contributed by atoms with E-state index in [4.69, 9.17) is 4.74 Å². The highest BCUT2D eigenvalue weighted by Gasteiger charge is 2.46. The Morgan fingerprint density at radius 1 is 1.37 bits per heavy atom. The normalized spacial score (nSPS) is 24.1. The van der Waals surface area contributed by atoms with E-state index in [1.165, 1.54) is 10.6 Å². The van der Waals surface area contributed by atoms with Gasteiger partial charge in [0.2, 0.25) is 10.0 Å². The van der Waals surface area contributed by atoms with E-state index < -0.39 is 15.6 Å².